The molecule has 0 saturated carbocycles. The number of halogens is 2. The molecule has 2 aromatic heterocycles. The van der Waals surface area contributed by atoms with Crippen LogP contribution in [0.15, 0.2) is 24.5 Å². The molecule has 2 aromatic rings. The normalized spacial score (nSPS) is 9.00. The third kappa shape index (κ3) is 4.08. The first-order valence-electron chi connectivity index (χ1n) is 6.84. The summed E-state index contributed by atoms with van der Waals surface area (Å²) in [5.74, 6) is -1.34. The monoisotopic (exact) mass is 280 g/mol. The Hall–Kier alpha value is -1.84. The first kappa shape index (κ1) is 18.2. The molecule has 2 heterocycles. The Morgan fingerprint density at radius 2 is 1.00 bits per heavy atom. The van der Waals surface area contributed by atoms with Gasteiger partial charge in [-0.15, -0.1) is 0 Å². The van der Waals surface area contributed by atoms with E-state index in [1.807, 2.05) is 27.7 Å². The maximum atomic E-state index is 13.6. The van der Waals surface area contributed by atoms with Crippen LogP contribution in [-0.4, -0.2) is 9.97 Å². The highest BCUT2D eigenvalue weighted by Crippen LogP contribution is 2.29. The van der Waals surface area contributed by atoms with E-state index in [1.54, 1.807) is 26.0 Å². The Balaban J connectivity index is 0.000000829. The van der Waals surface area contributed by atoms with E-state index in [1.165, 1.54) is 12.4 Å². The highest BCUT2D eigenvalue weighted by Gasteiger charge is 2.16. The van der Waals surface area contributed by atoms with E-state index in [0.717, 1.165) is 0 Å². The van der Waals surface area contributed by atoms with E-state index in [9.17, 15) is 8.78 Å². The molecule has 0 aliphatic rings. The van der Waals surface area contributed by atoms with Crippen molar-refractivity contribution in [1.82, 2.24) is 9.97 Å². The van der Waals surface area contributed by atoms with Gasteiger partial charge in [-0.3, -0.25) is 0 Å². The summed E-state index contributed by atoms with van der Waals surface area (Å²) < 4.78 is 27.2. The van der Waals surface area contributed by atoms with Gasteiger partial charge in [0.05, 0.1) is 0 Å². The number of rotatable bonds is 1. The summed E-state index contributed by atoms with van der Waals surface area (Å²) in [4.78, 5) is 7.07. The standard InChI is InChI=1S/C12H10F2N2.2C2H6/c1-7-3-5-15-11(13)9(7)10-8(2)4-6-16-12(10)14;2*1-2/h3-6H,1-2H3;2*1-2H3. The SMILES string of the molecule is CC.CC.Cc1ccnc(F)c1-c1c(C)ccnc1F. The van der Waals surface area contributed by atoms with Gasteiger partial charge in [-0.05, 0) is 37.1 Å². The third-order valence-corrected chi connectivity index (χ3v) is 2.48. The van der Waals surface area contributed by atoms with Gasteiger partial charge >= 0.3 is 0 Å². The smallest absolute Gasteiger partial charge is 0.221 e. The minimum atomic E-state index is -0.671. The molecule has 0 radical (unpaired) electrons. The van der Waals surface area contributed by atoms with Crippen molar-refractivity contribution in [2.75, 3.05) is 0 Å². The van der Waals surface area contributed by atoms with Crippen molar-refractivity contribution in [3.05, 3.63) is 47.5 Å². The zero-order valence-electron chi connectivity index (χ0n) is 13.0. The van der Waals surface area contributed by atoms with Crippen molar-refractivity contribution in [3.8, 4) is 11.1 Å². The summed E-state index contributed by atoms with van der Waals surface area (Å²) in [6, 6.07) is 3.29. The van der Waals surface area contributed by atoms with Crippen molar-refractivity contribution in [3.63, 3.8) is 0 Å². The third-order valence-electron chi connectivity index (χ3n) is 2.48. The Bertz CT molecular complexity index is 450. The zero-order valence-corrected chi connectivity index (χ0v) is 13.0. The van der Waals surface area contributed by atoms with Crippen LogP contribution in [0, 0.1) is 25.7 Å². The van der Waals surface area contributed by atoms with Crippen molar-refractivity contribution in [2.24, 2.45) is 0 Å². The van der Waals surface area contributed by atoms with Crippen molar-refractivity contribution < 1.29 is 8.78 Å². The highest BCUT2D eigenvalue weighted by atomic mass is 19.1. The van der Waals surface area contributed by atoms with E-state index in [-0.39, 0.29) is 11.1 Å². The van der Waals surface area contributed by atoms with Gasteiger partial charge in [-0.1, -0.05) is 27.7 Å². The Morgan fingerprint density at radius 1 is 0.700 bits per heavy atom. The lowest BCUT2D eigenvalue weighted by atomic mass is 10.00. The molecule has 0 spiro atoms. The molecule has 0 aromatic carbocycles. The molecule has 2 nitrogen and oxygen atoms in total. The molecular formula is C16H22F2N2. The second kappa shape index (κ2) is 9.13. The van der Waals surface area contributed by atoms with Gasteiger partial charge in [0.15, 0.2) is 0 Å². The van der Waals surface area contributed by atoms with Crippen LogP contribution in [0.4, 0.5) is 8.78 Å². The van der Waals surface area contributed by atoms with Crippen LogP contribution in [0.25, 0.3) is 11.1 Å². The van der Waals surface area contributed by atoms with Crippen LogP contribution < -0.4 is 0 Å². The van der Waals surface area contributed by atoms with Crippen LogP contribution >= 0.6 is 0 Å². The lowest BCUT2D eigenvalue weighted by Gasteiger charge is -2.09. The topological polar surface area (TPSA) is 25.8 Å². The van der Waals surface area contributed by atoms with Gasteiger partial charge in [-0.2, -0.15) is 8.78 Å². The van der Waals surface area contributed by atoms with Crippen molar-refractivity contribution in [1.29, 1.82) is 0 Å². The fraction of sp³-hybridized carbons (Fsp3) is 0.375. The van der Waals surface area contributed by atoms with E-state index >= 15 is 0 Å². The van der Waals surface area contributed by atoms with E-state index in [2.05, 4.69) is 9.97 Å². The molecular weight excluding hydrogens is 258 g/mol. The predicted molar refractivity (Wildman–Crippen MR) is 79.6 cm³/mol. The molecule has 20 heavy (non-hydrogen) atoms. The van der Waals surface area contributed by atoms with Crippen LogP contribution in [0.1, 0.15) is 38.8 Å². The fourth-order valence-electron chi connectivity index (χ4n) is 1.65. The molecule has 0 aliphatic heterocycles. The van der Waals surface area contributed by atoms with Crippen LogP contribution in [0.5, 0.6) is 0 Å². The molecule has 0 fully saturated rings. The Labute approximate surface area is 119 Å². The molecule has 0 unspecified atom stereocenters. The Morgan fingerprint density at radius 3 is 1.25 bits per heavy atom. The summed E-state index contributed by atoms with van der Waals surface area (Å²) in [6.07, 6.45) is 2.72. The minimum absolute atomic E-state index is 0.186. The average molecular weight is 280 g/mol. The van der Waals surface area contributed by atoms with Crippen LogP contribution in [-0.2, 0) is 0 Å². The van der Waals surface area contributed by atoms with Gasteiger partial charge in [0.25, 0.3) is 0 Å². The predicted octanol–water partition coefficient (Wildman–Crippen LogP) is 5.09. The van der Waals surface area contributed by atoms with E-state index < -0.39 is 11.9 Å². The molecule has 2 rings (SSSR count). The summed E-state index contributed by atoms with van der Waals surface area (Å²) >= 11 is 0. The van der Waals surface area contributed by atoms with Crippen molar-refractivity contribution >= 4 is 0 Å². The molecule has 0 atom stereocenters. The minimum Gasteiger partial charge on any atom is -0.228 e. The lowest BCUT2D eigenvalue weighted by Crippen LogP contribution is -1.98. The first-order valence-corrected chi connectivity index (χ1v) is 6.84. The summed E-state index contributed by atoms with van der Waals surface area (Å²) in [6.45, 7) is 11.4. The van der Waals surface area contributed by atoms with Gasteiger partial charge in [0, 0.05) is 23.5 Å². The molecule has 0 aliphatic carbocycles. The number of hydrogen-bond donors (Lipinski definition) is 0. The first-order chi connectivity index (χ1) is 9.61. The molecule has 4 heteroatoms. The lowest BCUT2D eigenvalue weighted by molar-refractivity contribution is 0.570. The van der Waals surface area contributed by atoms with Crippen LogP contribution in [0.2, 0.25) is 0 Å². The summed E-state index contributed by atoms with van der Waals surface area (Å²) in [7, 11) is 0. The number of nitrogens with zero attached hydrogens (tertiary/aromatic N) is 2. The van der Waals surface area contributed by atoms with Crippen LogP contribution in [0.3, 0.4) is 0 Å². The second-order valence-electron chi connectivity index (χ2n) is 3.59. The molecule has 110 valence electrons. The number of aryl methyl sites for hydroxylation is 2. The van der Waals surface area contributed by atoms with Gasteiger partial charge in [0.1, 0.15) is 0 Å². The van der Waals surface area contributed by atoms with Gasteiger partial charge in [-0.25, -0.2) is 9.97 Å². The summed E-state index contributed by atoms with van der Waals surface area (Å²) in [5.41, 5.74) is 1.65. The van der Waals surface area contributed by atoms with E-state index in [0.29, 0.717) is 11.1 Å². The maximum Gasteiger partial charge on any atom is 0.221 e. The van der Waals surface area contributed by atoms with E-state index in [4.69, 9.17) is 0 Å². The molecule has 0 amide bonds. The Kier molecular flexibility index (Phi) is 8.29. The molecule has 0 N–H and O–H groups in total. The highest BCUT2D eigenvalue weighted by molar-refractivity contribution is 5.69. The number of aromatic nitrogens is 2. The molecule has 0 saturated heterocycles. The maximum absolute atomic E-state index is 13.6. The number of pyridine rings is 2. The zero-order chi connectivity index (χ0) is 15.7. The van der Waals surface area contributed by atoms with Gasteiger partial charge in [0.2, 0.25) is 11.9 Å². The average Bonchev–Trinajstić information content (AvgIpc) is 2.46. The largest absolute Gasteiger partial charge is 0.228 e. The quantitative estimate of drug-likeness (QED) is 0.680. The second-order valence-corrected chi connectivity index (χ2v) is 3.59. The van der Waals surface area contributed by atoms with Gasteiger partial charge < -0.3 is 0 Å². The van der Waals surface area contributed by atoms with Crippen molar-refractivity contribution in [2.45, 2.75) is 41.5 Å². The molecule has 0 bridgehead atoms. The number of hydrogen-bond acceptors (Lipinski definition) is 2. The fourth-order valence-corrected chi connectivity index (χ4v) is 1.65. The summed E-state index contributed by atoms with van der Waals surface area (Å²) in [5, 5.41) is 0.